The van der Waals surface area contributed by atoms with Crippen molar-refractivity contribution in [1.29, 1.82) is 0 Å². The number of ether oxygens (including phenoxy) is 2. The van der Waals surface area contributed by atoms with Gasteiger partial charge in [0.05, 0.1) is 36.4 Å². The van der Waals surface area contributed by atoms with Crippen LogP contribution in [0, 0.1) is 0 Å². The number of carbonyl (C=O) groups excluding carboxylic acids is 2. The standard InChI is InChI=1S/C22H17N3O4/c1-28-15-7-3-5-11-13(9-23-19(11)15)17-18(22(27)25-21(17)26)14-10-24-20-12(14)6-4-8-16(20)29-2/h3-10,23-24H,1-2H3,(H,25,26,27). The summed E-state index contributed by atoms with van der Waals surface area (Å²) in [5.74, 6) is 0.479. The van der Waals surface area contributed by atoms with Gasteiger partial charge < -0.3 is 19.4 Å². The van der Waals surface area contributed by atoms with E-state index in [9.17, 15) is 9.59 Å². The molecule has 5 rings (SSSR count). The van der Waals surface area contributed by atoms with Crippen molar-refractivity contribution < 1.29 is 19.1 Å². The average molecular weight is 387 g/mol. The lowest BCUT2D eigenvalue weighted by Crippen LogP contribution is -2.22. The van der Waals surface area contributed by atoms with E-state index in [0.29, 0.717) is 33.8 Å². The smallest absolute Gasteiger partial charge is 0.259 e. The number of rotatable bonds is 4. The minimum absolute atomic E-state index is 0.332. The van der Waals surface area contributed by atoms with Crippen LogP contribution in [0.3, 0.4) is 0 Å². The fourth-order valence-electron chi connectivity index (χ4n) is 3.98. The van der Waals surface area contributed by atoms with Gasteiger partial charge in [-0.1, -0.05) is 24.3 Å². The van der Waals surface area contributed by atoms with Gasteiger partial charge in [-0.2, -0.15) is 0 Å². The molecular weight excluding hydrogens is 370 g/mol. The molecule has 0 spiro atoms. The van der Waals surface area contributed by atoms with Gasteiger partial charge in [0.2, 0.25) is 0 Å². The van der Waals surface area contributed by atoms with Crippen LogP contribution in [0.2, 0.25) is 0 Å². The number of benzene rings is 2. The fourth-order valence-corrected chi connectivity index (χ4v) is 3.98. The number of imide groups is 1. The Kier molecular flexibility index (Phi) is 3.70. The van der Waals surface area contributed by atoms with Crippen molar-refractivity contribution >= 4 is 44.8 Å². The third-order valence-electron chi connectivity index (χ3n) is 5.26. The lowest BCUT2D eigenvalue weighted by Gasteiger charge is -2.05. The zero-order valence-electron chi connectivity index (χ0n) is 15.8. The molecule has 0 aliphatic carbocycles. The van der Waals surface area contributed by atoms with E-state index in [-0.39, 0.29) is 0 Å². The number of aromatic amines is 2. The van der Waals surface area contributed by atoms with Crippen molar-refractivity contribution in [1.82, 2.24) is 15.3 Å². The van der Waals surface area contributed by atoms with Gasteiger partial charge >= 0.3 is 0 Å². The Morgan fingerprint density at radius 3 is 1.55 bits per heavy atom. The molecule has 7 heteroatoms. The Labute approximate surface area is 165 Å². The highest BCUT2D eigenvalue weighted by molar-refractivity contribution is 6.50. The lowest BCUT2D eigenvalue weighted by atomic mass is 9.95. The first-order chi connectivity index (χ1) is 14.1. The summed E-state index contributed by atoms with van der Waals surface area (Å²) in [7, 11) is 3.18. The van der Waals surface area contributed by atoms with Crippen LogP contribution in [-0.4, -0.2) is 36.0 Å². The topological polar surface area (TPSA) is 96.2 Å². The van der Waals surface area contributed by atoms with E-state index in [1.807, 2.05) is 36.4 Å². The van der Waals surface area contributed by atoms with Crippen LogP contribution in [0.25, 0.3) is 33.0 Å². The second-order valence-electron chi connectivity index (χ2n) is 6.70. The highest BCUT2D eigenvalue weighted by atomic mass is 16.5. The van der Waals surface area contributed by atoms with E-state index in [0.717, 1.165) is 21.8 Å². The predicted octanol–water partition coefficient (Wildman–Crippen LogP) is 3.23. The lowest BCUT2D eigenvalue weighted by molar-refractivity contribution is -0.122. The molecule has 0 bridgehead atoms. The van der Waals surface area contributed by atoms with E-state index in [4.69, 9.17) is 9.47 Å². The van der Waals surface area contributed by atoms with Crippen molar-refractivity contribution in [2.45, 2.75) is 0 Å². The number of nitrogens with one attached hydrogen (secondary N) is 3. The Balaban J connectivity index is 1.81. The van der Waals surface area contributed by atoms with Crippen LogP contribution in [-0.2, 0) is 9.59 Å². The average Bonchev–Trinajstić information content (AvgIpc) is 3.42. The van der Waals surface area contributed by atoms with Gasteiger partial charge in [0.25, 0.3) is 11.8 Å². The Hall–Kier alpha value is -4.00. The second-order valence-corrected chi connectivity index (χ2v) is 6.70. The minimum atomic E-state index is -0.425. The molecule has 2 aromatic carbocycles. The summed E-state index contributed by atoms with van der Waals surface area (Å²) in [6, 6.07) is 11.2. The molecule has 0 saturated heterocycles. The van der Waals surface area contributed by atoms with Gasteiger partial charge in [0, 0.05) is 34.3 Å². The number of para-hydroxylation sites is 2. The molecule has 0 fully saturated rings. The van der Waals surface area contributed by atoms with E-state index in [1.165, 1.54) is 0 Å². The van der Waals surface area contributed by atoms with Crippen LogP contribution in [0.5, 0.6) is 11.5 Å². The number of hydrogen-bond acceptors (Lipinski definition) is 4. The van der Waals surface area contributed by atoms with Crippen molar-refractivity contribution in [3.8, 4) is 11.5 Å². The van der Waals surface area contributed by atoms with Gasteiger partial charge in [-0.15, -0.1) is 0 Å². The number of H-pyrrole nitrogens is 2. The predicted molar refractivity (Wildman–Crippen MR) is 110 cm³/mol. The van der Waals surface area contributed by atoms with Crippen molar-refractivity contribution in [3.05, 3.63) is 59.9 Å². The molecular formula is C22H17N3O4. The molecule has 3 N–H and O–H groups in total. The maximum Gasteiger partial charge on any atom is 0.259 e. The first-order valence-corrected chi connectivity index (χ1v) is 9.03. The molecule has 7 nitrogen and oxygen atoms in total. The number of fused-ring (bicyclic) bond motifs is 2. The zero-order valence-corrected chi connectivity index (χ0v) is 15.8. The fraction of sp³-hybridized carbons (Fsp3) is 0.0909. The molecule has 0 atom stereocenters. The van der Waals surface area contributed by atoms with Crippen molar-refractivity contribution in [2.24, 2.45) is 0 Å². The summed E-state index contributed by atoms with van der Waals surface area (Å²) in [5.41, 5.74) is 3.50. The normalized spacial score (nSPS) is 14.1. The highest BCUT2D eigenvalue weighted by Gasteiger charge is 2.35. The molecule has 3 heterocycles. The largest absolute Gasteiger partial charge is 0.495 e. The Morgan fingerprint density at radius 2 is 1.14 bits per heavy atom. The summed E-state index contributed by atoms with van der Waals surface area (Å²) in [5, 5.41) is 4.05. The number of amides is 2. The summed E-state index contributed by atoms with van der Waals surface area (Å²) in [6.45, 7) is 0. The summed E-state index contributed by atoms with van der Waals surface area (Å²) < 4.78 is 10.8. The molecule has 1 aliphatic rings. The molecule has 29 heavy (non-hydrogen) atoms. The third kappa shape index (κ3) is 2.37. The number of carbonyl (C=O) groups is 2. The molecule has 2 aromatic heterocycles. The number of hydrogen-bond donors (Lipinski definition) is 3. The Bertz CT molecular complexity index is 1240. The van der Waals surface area contributed by atoms with Crippen LogP contribution < -0.4 is 14.8 Å². The highest BCUT2D eigenvalue weighted by Crippen LogP contribution is 2.40. The van der Waals surface area contributed by atoms with Crippen LogP contribution in [0.1, 0.15) is 11.1 Å². The van der Waals surface area contributed by atoms with Crippen LogP contribution >= 0.6 is 0 Å². The van der Waals surface area contributed by atoms with E-state index in [1.54, 1.807) is 26.6 Å². The molecule has 0 saturated carbocycles. The molecule has 1 aliphatic heterocycles. The molecule has 4 aromatic rings. The van der Waals surface area contributed by atoms with Gasteiger partial charge in [0.1, 0.15) is 11.5 Å². The monoisotopic (exact) mass is 387 g/mol. The van der Waals surface area contributed by atoms with Crippen molar-refractivity contribution in [3.63, 3.8) is 0 Å². The molecule has 2 amide bonds. The van der Waals surface area contributed by atoms with Crippen molar-refractivity contribution in [2.75, 3.05) is 14.2 Å². The second kappa shape index (κ2) is 6.27. The summed E-state index contributed by atoms with van der Waals surface area (Å²) >= 11 is 0. The number of aromatic nitrogens is 2. The SMILES string of the molecule is COc1cccc2c(C3=C(c4c[nH]c5c(OC)cccc45)C(=O)NC3=O)c[nH]c12. The van der Waals surface area contributed by atoms with E-state index >= 15 is 0 Å². The summed E-state index contributed by atoms with van der Waals surface area (Å²) in [4.78, 5) is 31.9. The minimum Gasteiger partial charge on any atom is -0.495 e. The van der Waals surface area contributed by atoms with Gasteiger partial charge in [0.15, 0.2) is 0 Å². The number of methoxy groups -OCH3 is 2. The Morgan fingerprint density at radius 1 is 0.690 bits per heavy atom. The maximum atomic E-state index is 12.8. The maximum absolute atomic E-state index is 12.8. The first kappa shape index (κ1) is 17.1. The van der Waals surface area contributed by atoms with Gasteiger partial charge in [-0.3, -0.25) is 14.9 Å². The third-order valence-corrected chi connectivity index (χ3v) is 5.26. The van der Waals surface area contributed by atoms with E-state index < -0.39 is 11.8 Å². The van der Waals surface area contributed by atoms with E-state index in [2.05, 4.69) is 15.3 Å². The molecule has 0 radical (unpaired) electrons. The summed E-state index contributed by atoms with van der Waals surface area (Å²) in [6.07, 6.45) is 3.46. The quantitative estimate of drug-likeness (QED) is 0.469. The van der Waals surface area contributed by atoms with Gasteiger partial charge in [-0.05, 0) is 12.1 Å². The van der Waals surface area contributed by atoms with Gasteiger partial charge in [-0.25, -0.2) is 0 Å². The molecule has 144 valence electrons. The molecule has 0 unspecified atom stereocenters. The van der Waals surface area contributed by atoms with Crippen LogP contribution in [0.4, 0.5) is 0 Å². The zero-order chi connectivity index (χ0) is 20.1. The first-order valence-electron chi connectivity index (χ1n) is 9.03. The van der Waals surface area contributed by atoms with Crippen LogP contribution in [0.15, 0.2) is 48.8 Å².